The molecule has 0 radical (unpaired) electrons. The van der Waals surface area contributed by atoms with Gasteiger partial charge in [-0.1, -0.05) is 42.5 Å². The number of benzene rings is 2. The first kappa shape index (κ1) is 14.1. The summed E-state index contributed by atoms with van der Waals surface area (Å²) in [7, 11) is 0. The Morgan fingerprint density at radius 1 is 1.14 bits per heavy atom. The van der Waals surface area contributed by atoms with E-state index >= 15 is 0 Å². The molecule has 0 aromatic heterocycles. The van der Waals surface area contributed by atoms with Crippen LogP contribution in [0.3, 0.4) is 0 Å². The molecule has 1 saturated carbocycles. The van der Waals surface area contributed by atoms with Gasteiger partial charge in [0, 0.05) is 6.54 Å². The van der Waals surface area contributed by atoms with Crippen molar-refractivity contribution in [2.24, 2.45) is 5.92 Å². The van der Waals surface area contributed by atoms with Crippen LogP contribution in [-0.4, -0.2) is 23.7 Å². The van der Waals surface area contributed by atoms with E-state index in [0.717, 1.165) is 30.2 Å². The average molecular weight is 283 g/mol. The van der Waals surface area contributed by atoms with E-state index in [1.807, 2.05) is 24.3 Å². The highest BCUT2D eigenvalue weighted by atomic mass is 16.3. The van der Waals surface area contributed by atoms with Gasteiger partial charge in [0.15, 0.2) is 0 Å². The highest BCUT2D eigenvalue weighted by Gasteiger charge is 2.22. The molecule has 0 spiro atoms. The van der Waals surface area contributed by atoms with E-state index in [9.17, 15) is 9.90 Å². The Hall–Kier alpha value is -1.87. The molecule has 0 saturated heterocycles. The zero-order valence-corrected chi connectivity index (χ0v) is 12.1. The fourth-order valence-corrected chi connectivity index (χ4v) is 3.17. The summed E-state index contributed by atoms with van der Waals surface area (Å²) in [5.74, 6) is 0.490. The fraction of sp³-hybridized carbons (Fsp3) is 0.389. The van der Waals surface area contributed by atoms with Crippen molar-refractivity contribution in [3.63, 3.8) is 0 Å². The van der Waals surface area contributed by atoms with Gasteiger partial charge < -0.3 is 10.4 Å². The molecule has 0 heterocycles. The second-order valence-electron chi connectivity index (χ2n) is 5.95. The van der Waals surface area contributed by atoms with Gasteiger partial charge in [0.1, 0.15) is 0 Å². The molecule has 0 unspecified atom stereocenters. The number of aliphatic hydroxyl groups is 1. The van der Waals surface area contributed by atoms with Crippen LogP contribution in [0.5, 0.6) is 0 Å². The van der Waals surface area contributed by atoms with Gasteiger partial charge in [-0.3, -0.25) is 4.79 Å². The summed E-state index contributed by atoms with van der Waals surface area (Å²) in [6.07, 6.45) is 2.93. The van der Waals surface area contributed by atoms with Crippen molar-refractivity contribution in [2.75, 3.05) is 6.54 Å². The van der Waals surface area contributed by atoms with Crippen molar-refractivity contribution >= 4 is 16.7 Å². The third-order valence-electron chi connectivity index (χ3n) is 4.33. The maximum atomic E-state index is 12.1. The van der Waals surface area contributed by atoms with E-state index in [4.69, 9.17) is 0 Å². The molecule has 3 rings (SSSR count). The summed E-state index contributed by atoms with van der Waals surface area (Å²) in [5, 5.41) is 14.8. The van der Waals surface area contributed by atoms with E-state index in [2.05, 4.69) is 23.5 Å². The van der Waals surface area contributed by atoms with Crippen LogP contribution < -0.4 is 5.32 Å². The minimum absolute atomic E-state index is 0.0627. The average Bonchev–Trinajstić information content (AvgIpc) is 2.91. The van der Waals surface area contributed by atoms with Crippen molar-refractivity contribution in [2.45, 2.75) is 31.8 Å². The minimum atomic E-state index is -0.176. The van der Waals surface area contributed by atoms with Gasteiger partial charge in [0.2, 0.25) is 5.91 Å². The summed E-state index contributed by atoms with van der Waals surface area (Å²) >= 11 is 0. The molecule has 1 aliphatic rings. The molecule has 1 amide bonds. The third kappa shape index (κ3) is 3.42. The van der Waals surface area contributed by atoms with Gasteiger partial charge in [0.25, 0.3) is 0 Å². The summed E-state index contributed by atoms with van der Waals surface area (Å²) < 4.78 is 0. The van der Waals surface area contributed by atoms with Crippen LogP contribution in [0.25, 0.3) is 10.8 Å². The van der Waals surface area contributed by atoms with E-state index in [1.165, 1.54) is 5.39 Å². The van der Waals surface area contributed by atoms with Gasteiger partial charge in [0.05, 0.1) is 12.5 Å². The standard InChI is InChI=1S/C18H21NO2/c20-16-9-8-13(10-16)12-19-18(21)11-15-6-3-5-14-4-1-2-7-17(14)15/h1-7,13,16,20H,8-12H2,(H,19,21)/t13-,16+/m0/s1. The van der Waals surface area contributed by atoms with Crippen molar-refractivity contribution in [1.82, 2.24) is 5.32 Å². The van der Waals surface area contributed by atoms with E-state index < -0.39 is 0 Å². The molecule has 0 bridgehead atoms. The normalized spacial score (nSPS) is 21.6. The van der Waals surface area contributed by atoms with Crippen molar-refractivity contribution in [3.8, 4) is 0 Å². The fourth-order valence-electron chi connectivity index (χ4n) is 3.17. The Labute approximate surface area is 125 Å². The number of amides is 1. The molecule has 0 aliphatic heterocycles. The Morgan fingerprint density at radius 3 is 2.76 bits per heavy atom. The molecule has 21 heavy (non-hydrogen) atoms. The molecule has 1 aliphatic carbocycles. The van der Waals surface area contributed by atoms with Crippen molar-refractivity contribution in [3.05, 3.63) is 48.0 Å². The van der Waals surface area contributed by atoms with E-state index in [1.54, 1.807) is 0 Å². The molecule has 1 fully saturated rings. The molecule has 2 aromatic carbocycles. The summed E-state index contributed by atoms with van der Waals surface area (Å²) in [5.41, 5.74) is 1.07. The van der Waals surface area contributed by atoms with Crippen LogP contribution in [-0.2, 0) is 11.2 Å². The largest absolute Gasteiger partial charge is 0.393 e. The summed E-state index contributed by atoms with van der Waals surface area (Å²) in [4.78, 5) is 12.1. The van der Waals surface area contributed by atoms with Crippen LogP contribution in [0, 0.1) is 5.92 Å². The van der Waals surface area contributed by atoms with Crippen molar-refractivity contribution < 1.29 is 9.90 Å². The summed E-state index contributed by atoms with van der Waals surface area (Å²) in [6.45, 7) is 0.681. The lowest BCUT2D eigenvalue weighted by Crippen LogP contribution is -2.30. The smallest absolute Gasteiger partial charge is 0.224 e. The third-order valence-corrected chi connectivity index (χ3v) is 4.33. The van der Waals surface area contributed by atoms with Crippen LogP contribution in [0.15, 0.2) is 42.5 Å². The highest BCUT2D eigenvalue weighted by Crippen LogP contribution is 2.24. The van der Waals surface area contributed by atoms with E-state index in [0.29, 0.717) is 18.9 Å². The Kier molecular flexibility index (Phi) is 4.20. The van der Waals surface area contributed by atoms with Crippen molar-refractivity contribution in [1.29, 1.82) is 0 Å². The molecule has 2 N–H and O–H groups in total. The number of hydrogen-bond acceptors (Lipinski definition) is 2. The van der Waals surface area contributed by atoms with Gasteiger partial charge in [-0.15, -0.1) is 0 Å². The lowest BCUT2D eigenvalue weighted by molar-refractivity contribution is -0.120. The number of carbonyl (C=O) groups is 1. The lowest BCUT2D eigenvalue weighted by Gasteiger charge is -2.11. The molecular weight excluding hydrogens is 262 g/mol. The number of nitrogens with one attached hydrogen (secondary N) is 1. The zero-order valence-electron chi connectivity index (χ0n) is 12.1. The van der Waals surface area contributed by atoms with Gasteiger partial charge in [-0.05, 0) is 41.5 Å². The number of fused-ring (bicyclic) bond motifs is 1. The first-order chi connectivity index (χ1) is 10.2. The molecule has 3 nitrogen and oxygen atoms in total. The first-order valence-electron chi connectivity index (χ1n) is 7.64. The predicted molar refractivity (Wildman–Crippen MR) is 84.0 cm³/mol. The van der Waals surface area contributed by atoms with Gasteiger partial charge in [-0.2, -0.15) is 0 Å². The SMILES string of the molecule is O=C(Cc1cccc2ccccc12)NC[C@H]1CC[C@@H](O)C1. The maximum Gasteiger partial charge on any atom is 0.224 e. The Bertz CT molecular complexity index is 633. The lowest BCUT2D eigenvalue weighted by atomic mass is 10.0. The second-order valence-corrected chi connectivity index (χ2v) is 5.95. The number of hydrogen-bond donors (Lipinski definition) is 2. The number of rotatable bonds is 4. The minimum Gasteiger partial charge on any atom is -0.393 e. The van der Waals surface area contributed by atoms with Crippen LogP contribution in [0.1, 0.15) is 24.8 Å². The molecule has 3 heteroatoms. The number of carbonyl (C=O) groups excluding carboxylic acids is 1. The monoisotopic (exact) mass is 283 g/mol. The number of aliphatic hydroxyl groups excluding tert-OH is 1. The van der Waals surface area contributed by atoms with Crippen LogP contribution in [0.4, 0.5) is 0 Å². The highest BCUT2D eigenvalue weighted by molar-refractivity contribution is 5.90. The van der Waals surface area contributed by atoms with Crippen LogP contribution >= 0.6 is 0 Å². The summed E-state index contributed by atoms with van der Waals surface area (Å²) in [6, 6.07) is 14.2. The molecular formula is C18H21NO2. The molecule has 2 aromatic rings. The topological polar surface area (TPSA) is 49.3 Å². The quantitative estimate of drug-likeness (QED) is 0.906. The first-order valence-corrected chi connectivity index (χ1v) is 7.64. The maximum absolute atomic E-state index is 12.1. The van der Waals surface area contributed by atoms with Gasteiger partial charge in [-0.25, -0.2) is 0 Å². The Balaban J connectivity index is 1.61. The molecule has 110 valence electrons. The second kappa shape index (κ2) is 6.27. The van der Waals surface area contributed by atoms with Crippen LogP contribution in [0.2, 0.25) is 0 Å². The Morgan fingerprint density at radius 2 is 1.95 bits per heavy atom. The zero-order chi connectivity index (χ0) is 14.7. The molecule has 2 atom stereocenters. The van der Waals surface area contributed by atoms with Gasteiger partial charge >= 0.3 is 0 Å². The van der Waals surface area contributed by atoms with E-state index in [-0.39, 0.29) is 12.0 Å². The predicted octanol–water partition coefficient (Wildman–Crippen LogP) is 2.66.